The number of ether oxygens (including phenoxy) is 1. The molecule has 210 valence electrons. The molecule has 2 saturated heterocycles. The molecule has 3 aliphatic heterocycles. The topological polar surface area (TPSA) is 87.7 Å². The molecule has 0 radical (unpaired) electrons. The van der Waals surface area contributed by atoms with E-state index in [1.165, 1.54) is 18.2 Å². The fraction of sp³-hybridized carbons (Fsp3) is 0.452. The maximum absolute atomic E-state index is 14.1. The Balaban J connectivity index is 1.32. The van der Waals surface area contributed by atoms with Gasteiger partial charge < -0.3 is 20.3 Å². The molecule has 2 bridgehead atoms. The summed E-state index contributed by atoms with van der Waals surface area (Å²) in [6, 6.07) is 12.5. The van der Waals surface area contributed by atoms with Gasteiger partial charge in [0.05, 0.1) is 23.0 Å². The highest BCUT2D eigenvalue weighted by atomic mass is 35.5. The van der Waals surface area contributed by atoms with Crippen LogP contribution in [-0.2, 0) is 25.7 Å². The van der Waals surface area contributed by atoms with Crippen molar-refractivity contribution in [2.45, 2.75) is 63.4 Å². The second-order valence-corrected chi connectivity index (χ2v) is 12.1. The number of likely N-dealkylation sites (tertiary alicyclic amines) is 1. The molecular weight excluding hydrogens is 533 g/mol. The van der Waals surface area contributed by atoms with Crippen LogP contribution >= 0.6 is 11.6 Å². The molecule has 3 heterocycles. The normalized spacial score (nSPS) is 34.1. The van der Waals surface area contributed by atoms with Crippen molar-refractivity contribution in [2.24, 2.45) is 23.7 Å². The van der Waals surface area contributed by atoms with Gasteiger partial charge in [0.1, 0.15) is 17.5 Å². The van der Waals surface area contributed by atoms with Crippen molar-refractivity contribution < 1.29 is 23.5 Å². The summed E-state index contributed by atoms with van der Waals surface area (Å²) in [6.45, 7) is 4.59. The Morgan fingerprint density at radius 2 is 1.90 bits per heavy atom. The SMILES string of the molecule is CC1CCCC(NC(=O)C2N(Cc3ccccc3)C(=O)C3C(C(=O)Nc4ccc(F)c(Cl)c4)C4C=CC32O4)C1C. The van der Waals surface area contributed by atoms with E-state index >= 15 is 0 Å². The van der Waals surface area contributed by atoms with Gasteiger partial charge in [0.2, 0.25) is 17.7 Å². The Kier molecular flexibility index (Phi) is 6.95. The highest BCUT2D eigenvalue weighted by molar-refractivity contribution is 6.31. The van der Waals surface area contributed by atoms with Gasteiger partial charge in [0, 0.05) is 18.3 Å². The highest BCUT2D eigenvalue weighted by Gasteiger charge is 2.72. The third kappa shape index (κ3) is 4.41. The molecule has 1 spiro atoms. The molecule has 40 heavy (non-hydrogen) atoms. The van der Waals surface area contributed by atoms with E-state index in [1.807, 2.05) is 30.3 Å². The molecule has 1 saturated carbocycles. The van der Waals surface area contributed by atoms with Crippen molar-refractivity contribution >= 4 is 35.0 Å². The molecule has 3 fully saturated rings. The number of hydrogen-bond donors (Lipinski definition) is 2. The smallest absolute Gasteiger partial charge is 0.246 e. The predicted molar refractivity (Wildman–Crippen MR) is 149 cm³/mol. The predicted octanol–water partition coefficient (Wildman–Crippen LogP) is 4.71. The fourth-order valence-corrected chi connectivity index (χ4v) is 7.25. The molecule has 1 aliphatic carbocycles. The van der Waals surface area contributed by atoms with Crippen LogP contribution in [-0.4, -0.2) is 46.4 Å². The summed E-state index contributed by atoms with van der Waals surface area (Å²) in [5.74, 6) is -2.51. The van der Waals surface area contributed by atoms with Crippen LogP contribution in [0.5, 0.6) is 0 Å². The van der Waals surface area contributed by atoms with Gasteiger partial charge in [-0.15, -0.1) is 0 Å². The van der Waals surface area contributed by atoms with Crippen molar-refractivity contribution in [1.82, 2.24) is 10.2 Å². The molecule has 8 atom stereocenters. The number of anilines is 1. The van der Waals surface area contributed by atoms with Crippen molar-refractivity contribution in [2.75, 3.05) is 5.32 Å². The van der Waals surface area contributed by atoms with E-state index in [-0.39, 0.29) is 29.4 Å². The van der Waals surface area contributed by atoms with Crippen LogP contribution in [0, 0.1) is 29.5 Å². The number of amides is 3. The van der Waals surface area contributed by atoms with E-state index in [1.54, 1.807) is 17.1 Å². The zero-order valence-electron chi connectivity index (χ0n) is 22.5. The Bertz CT molecular complexity index is 1370. The van der Waals surface area contributed by atoms with Crippen LogP contribution in [0.25, 0.3) is 0 Å². The number of nitrogens with zero attached hydrogens (tertiary/aromatic N) is 1. The summed E-state index contributed by atoms with van der Waals surface area (Å²) in [5, 5.41) is 5.92. The van der Waals surface area contributed by atoms with Crippen LogP contribution in [0.15, 0.2) is 60.7 Å². The summed E-state index contributed by atoms with van der Waals surface area (Å²) in [4.78, 5) is 43.4. The van der Waals surface area contributed by atoms with Gasteiger partial charge in [-0.05, 0) is 42.0 Å². The van der Waals surface area contributed by atoms with E-state index in [2.05, 4.69) is 24.5 Å². The maximum atomic E-state index is 14.1. The van der Waals surface area contributed by atoms with Crippen LogP contribution in [0.1, 0.15) is 38.7 Å². The average molecular weight is 566 g/mol. The number of carbonyl (C=O) groups excluding carboxylic acids is 3. The lowest BCUT2D eigenvalue weighted by Crippen LogP contribution is -2.57. The standard InChI is InChI=1S/C31H33ClFN3O4/c1-17-7-6-10-23(18(17)2)35-29(38)27-31-14-13-24(40-31)25(28(37)34-20-11-12-22(33)21(32)15-20)26(31)30(39)36(27)16-19-8-4-3-5-9-19/h3-5,8-9,11-15,17-18,23-27H,6-7,10,16H2,1-2H3,(H,34,37)(H,35,38). The lowest BCUT2D eigenvalue weighted by molar-refractivity contribution is -0.142. The van der Waals surface area contributed by atoms with E-state index < -0.39 is 41.3 Å². The van der Waals surface area contributed by atoms with Gasteiger partial charge >= 0.3 is 0 Å². The Labute approximate surface area is 238 Å². The van der Waals surface area contributed by atoms with Crippen molar-refractivity contribution in [3.05, 3.63) is 77.1 Å². The largest absolute Gasteiger partial charge is 0.359 e. The molecule has 7 nitrogen and oxygen atoms in total. The zero-order valence-corrected chi connectivity index (χ0v) is 23.2. The van der Waals surface area contributed by atoms with Crippen LogP contribution in [0.2, 0.25) is 5.02 Å². The molecular formula is C31H33ClFN3O4. The fourth-order valence-electron chi connectivity index (χ4n) is 7.06. The number of nitrogens with one attached hydrogen (secondary N) is 2. The van der Waals surface area contributed by atoms with Gasteiger partial charge in [-0.1, -0.05) is 80.8 Å². The molecule has 6 rings (SSSR count). The van der Waals surface area contributed by atoms with Crippen LogP contribution in [0.4, 0.5) is 10.1 Å². The lowest BCUT2D eigenvalue weighted by Gasteiger charge is -2.38. The molecule has 0 aromatic heterocycles. The van der Waals surface area contributed by atoms with E-state index in [4.69, 9.17) is 16.3 Å². The van der Waals surface area contributed by atoms with Gasteiger partial charge in [0.25, 0.3) is 0 Å². The molecule has 3 amide bonds. The Morgan fingerprint density at radius 3 is 2.65 bits per heavy atom. The first-order valence-electron chi connectivity index (χ1n) is 14.0. The van der Waals surface area contributed by atoms with Gasteiger partial charge in [-0.25, -0.2) is 4.39 Å². The van der Waals surface area contributed by atoms with Gasteiger partial charge in [0.15, 0.2) is 0 Å². The molecule has 8 unspecified atom stereocenters. The Morgan fingerprint density at radius 1 is 1.12 bits per heavy atom. The van der Waals surface area contributed by atoms with E-state index in [0.717, 1.165) is 24.8 Å². The number of rotatable bonds is 6. The second-order valence-electron chi connectivity index (χ2n) is 11.7. The van der Waals surface area contributed by atoms with E-state index in [0.29, 0.717) is 17.5 Å². The molecule has 2 aromatic rings. The first-order valence-corrected chi connectivity index (χ1v) is 14.4. The lowest BCUT2D eigenvalue weighted by atomic mass is 9.73. The Hall–Kier alpha value is -3.23. The zero-order chi connectivity index (χ0) is 28.2. The maximum Gasteiger partial charge on any atom is 0.246 e. The minimum atomic E-state index is -1.26. The highest BCUT2D eigenvalue weighted by Crippen LogP contribution is 2.55. The van der Waals surface area contributed by atoms with Gasteiger partial charge in [-0.3, -0.25) is 14.4 Å². The quantitative estimate of drug-likeness (QED) is 0.497. The molecule has 2 aromatic carbocycles. The molecule has 4 aliphatic rings. The first-order chi connectivity index (χ1) is 19.2. The third-order valence-corrected chi connectivity index (χ3v) is 9.63. The van der Waals surface area contributed by atoms with Crippen molar-refractivity contribution in [3.63, 3.8) is 0 Å². The number of carbonyl (C=O) groups is 3. The summed E-state index contributed by atoms with van der Waals surface area (Å²) >= 11 is 5.91. The van der Waals surface area contributed by atoms with Crippen molar-refractivity contribution in [3.8, 4) is 0 Å². The molecule has 2 N–H and O–H groups in total. The summed E-state index contributed by atoms with van der Waals surface area (Å²) in [5.41, 5.74) is -0.0595. The van der Waals surface area contributed by atoms with Crippen LogP contribution in [0.3, 0.4) is 0 Å². The number of fused-ring (bicyclic) bond motifs is 1. The summed E-state index contributed by atoms with van der Waals surface area (Å²) < 4.78 is 20.1. The minimum Gasteiger partial charge on any atom is -0.359 e. The number of benzene rings is 2. The number of hydrogen-bond acceptors (Lipinski definition) is 4. The molecule has 9 heteroatoms. The summed E-state index contributed by atoms with van der Waals surface area (Å²) in [7, 11) is 0. The summed E-state index contributed by atoms with van der Waals surface area (Å²) in [6.07, 6.45) is 5.98. The van der Waals surface area contributed by atoms with E-state index in [9.17, 15) is 18.8 Å². The minimum absolute atomic E-state index is 0.00489. The average Bonchev–Trinajstić information content (AvgIpc) is 3.57. The third-order valence-electron chi connectivity index (χ3n) is 9.34. The van der Waals surface area contributed by atoms with Crippen LogP contribution < -0.4 is 10.6 Å². The number of halogens is 2. The van der Waals surface area contributed by atoms with Gasteiger partial charge in [-0.2, -0.15) is 0 Å². The van der Waals surface area contributed by atoms with Crippen molar-refractivity contribution in [1.29, 1.82) is 0 Å². The monoisotopic (exact) mass is 565 g/mol. The second kappa shape index (κ2) is 10.3. The first kappa shape index (κ1) is 27.0.